The molecule has 0 amide bonds. The van der Waals surface area contributed by atoms with Crippen molar-refractivity contribution in [2.24, 2.45) is 0 Å². The zero-order valence-corrected chi connectivity index (χ0v) is 12.6. The van der Waals surface area contributed by atoms with E-state index < -0.39 is 10.7 Å². The van der Waals surface area contributed by atoms with Crippen molar-refractivity contribution in [1.82, 2.24) is 0 Å². The molecular weight excluding hydrogens is 303 g/mol. The maximum Gasteiger partial charge on any atom is 0.313 e. The van der Waals surface area contributed by atoms with Gasteiger partial charge in [-0.1, -0.05) is 0 Å². The first-order valence-corrected chi connectivity index (χ1v) is 8.27. The van der Waals surface area contributed by atoms with E-state index in [9.17, 15) is 14.5 Å². The fourth-order valence-corrected chi connectivity index (χ4v) is 4.47. The van der Waals surface area contributed by atoms with Crippen molar-refractivity contribution in [3.05, 3.63) is 28.1 Å². The molecule has 0 aliphatic carbocycles. The van der Waals surface area contributed by atoms with Crippen LogP contribution >= 0.6 is 23.5 Å². The summed E-state index contributed by atoms with van der Waals surface area (Å²) in [5.41, 5.74) is -0.123. The van der Waals surface area contributed by atoms with Crippen LogP contribution in [0.3, 0.4) is 0 Å². The quantitative estimate of drug-likeness (QED) is 0.665. The largest absolute Gasteiger partial charge is 0.490 e. The predicted molar refractivity (Wildman–Crippen MR) is 81.7 cm³/mol. The van der Waals surface area contributed by atoms with Crippen LogP contribution in [0.25, 0.3) is 0 Å². The van der Waals surface area contributed by atoms with Crippen molar-refractivity contribution in [3.8, 4) is 5.75 Å². The number of anilines is 1. The van der Waals surface area contributed by atoms with E-state index in [0.717, 1.165) is 23.3 Å². The van der Waals surface area contributed by atoms with Crippen LogP contribution in [0.2, 0.25) is 0 Å². The first-order valence-electron chi connectivity index (χ1n) is 6.07. The minimum Gasteiger partial charge on any atom is -0.490 e. The highest BCUT2D eigenvalue weighted by Crippen LogP contribution is 2.32. The molecule has 0 saturated carbocycles. The molecule has 20 heavy (non-hydrogen) atoms. The minimum atomic E-state index is -0.653. The molecular formula is C12H15FN2O3S2. The highest BCUT2D eigenvalue weighted by Gasteiger charge is 2.20. The lowest BCUT2D eigenvalue weighted by Crippen LogP contribution is -2.23. The van der Waals surface area contributed by atoms with Gasteiger partial charge in [0.2, 0.25) is 0 Å². The van der Waals surface area contributed by atoms with Crippen molar-refractivity contribution >= 4 is 34.9 Å². The number of rotatable bonds is 5. The summed E-state index contributed by atoms with van der Waals surface area (Å²) in [5.74, 6) is 2.71. The number of nitrogens with zero attached hydrogens (tertiary/aromatic N) is 1. The third kappa shape index (κ3) is 3.69. The average Bonchev–Trinajstić information content (AvgIpc) is 2.46. The lowest BCUT2D eigenvalue weighted by Gasteiger charge is -2.21. The Morgan fingerprint density at radius 2 is 2.35 bits per heavy atom. The van der Waals surface area contributed by atoms with E-state index in [4.69, 9.17) is 4.74 Å². The molecule has 1 fully saturated rings. The molecule has 1 aliphatic rings. The second-order valence-electron chi connectivity index (χ2n) is 4.21. The van der Waals surface area contributed by atoms with Crippen molar-refractivity contribution in [2.45, 2.75) is 5.25 Å². The van der Waals surface area contributed by atoms with Gasteiger partial charge in [-0.25, -0.2) is 4.39 Å². The molecule has 1 saturated heterocycles. The van der Waals surface area contributed by atoms with Crippen LogP contribution in [0.4, 0.5) is 15.8 Å². The molecule has 1 aromatic rings. The maximum absolute atomic E-state index is 13.8. The van der Waals surface area contributed by atoms with Gasteiger partial charge in [0.15, 0.2) is 11.6 Å². The standard InChI is InChI=1S/C12H15FN2O3S2/c1-18-12-5-10(9(13)4-11(12)15(16)17)14-6-8-7-19-2-3-20-8/h4-5,8,14H,2-3,6-7H2,1H3. The molecule has 2 rings (SSSR count). The summed E-state index contributed by atoms with van der Waals surface area (Å²) in [6, 6.07) is 2.23. The Hall–Kier alpha value is -1.15. The van der Waals surface area contributed by atoms with Gasteiger partial charge in [0, 0.05) is 35.1 Å². The number of hydrogen-bond donors (Lipinski definition) is 1. The normalized spacial score (nSPS) is 18.6. The monoisotopic (exact) mass is 318 g/mol. The van der Waals surface area contributed by atoms with Crippen LogP contribution in [0.1, 0.15) is 0 Å². The molecule has 1 aromatic carbocycles. The molecule has 0 aromatic heterocycles. The summed E-state index contributed by atoms with van der Waals surface area (Å²) in [5, 5.41) is 14.2. The highest BCUT2D eigenvalue weighted by molar-refractivity contribution is 8.06. The van der Waals surface area contributed by atoms with Crippen LogP contribution in [0.15, 0.2) is 12.1 Å². The number of thioether (sulfide) groups is 2. The molecule has 1 heterocycles. The Morgan fingerprint density at radius 3 is 2.95 bits per heavy atom. The second-order valence-corrected chi connectivity index (χ2v) is 6.77. The number of ether oxygens (including phenoxy) is 1. The number of benzene rings is 1. The van der Waals surface area contributed by atoms with Gasteiger partial charge in [-0.2, -0.15) is 23.5 Å². The summed E-state index contributed by atoms with van der Waals surface area (Å²) >= 11 is 3.75. The average molecular weight is 318 g/mol. The lowest BCUT2D eigenvalue weighted by atomic mass is 10.2. The van der Waals surface area contributed by atoms with Gasteiger partial charge in [-0.15, -0.1) is 0 Å². The fraction of sp³-hybridized carbons (Fsp3) is 0.500. The van der Waals surface area contributed by atoms with E-state index in [1.807, 2.05) is 23.5 Å². The Balaban J connectivity index is 2.09. The van der Waals surface area contributed by atoms with Gasteiger partial charge < -0.3 is 10.1 Å². The molecule has 1 unspecified atom stereocenters. The van der Waals surface area contributed by atoms with Gasteiger partial charge >= 0.3 is 5.69 Å². The Bertz CT molecular complexity index is 496. The summed E-state index contributed by atoms with van der Waals surface area (Å²) in [4.78, 5) is 10.1. The summed E-state index contributed by atoms with van der Waals surface area (Å²) < 4.78 is 18.8. The van der Waals surface area contributed by atoms with Crippen LogP contribution in [0, 0.1) is 15.9 Å². The van der Waals surface area contributed by atoms with E-state index in [1.54, 1.807) is 0 Å². The smallest absolute Gasteiger partial charge is 0.313 e. The summed E-state index contributed by atoms with van der Waals surface area (Å²) in [7, 11) is 1.33. The highest BCUT2D eigenvalue weighted by atomic mass is 32.2. The third-order valence-electron chi connectivity index (χ3n) is 2.87. The van der Waals surface area contributed by atoms with Crippen LogP contribution in [0.5, 0.6) is 5.75 Å². The first kappa shape index (κ1) is 15.2. The van der Waals surface area contributed by atoms with Crippen LogP contribution in [-0.2, 0) is 0 Å². The SMILES string of the molecule is COc1cc(NCC2CSCCS2)c(F)cc1[N+](=O)[O-]. The summed E-state index contributed by atoms with van der Waals surface area (Å²) in [6.45, 7) is 0.634. The molecule has 0 radical (unpaired) electrons. The van der Waals surface area contributed by atoms with Crippen LogP contribution in [-0.4, -0.2) is 41.1 Å². The van der Waals surface area contributed by atoms with E-state index in [1.165, 1.54) is 13.2 Å². The number of methoxy groups -OCH3 is 1. The van der Waals surface area contributed by atoms with Crippen molar-refractivity contribution in [3.63, 3.8) is 0 Å². The number of nitro groups is 1. The van der Waals surface area contributed by atoms with E-state index in [-0.39, 0.29) is 17.1 Å². The second kappa shape index (κ2) is 7.03. The fourth-order valence-electron chi connectivity index (χ4n) is 1.86. The van der Waals surface area contributed by atoms with Gasteiger partial charge in [0.05, 0.1) is 23.8 Å². The summed E-state index contributed by atoms with van der Waals surface area (Å²) in [6.07, 6.45) is 0. The van der Waals surface area contributed by atoms with Crippen molar-refractivity contribution in [2.75, 3.05) is 36.2 Å². The molecule has 0 bridgehead atoms. The van der Waals surface area contributed by atoms with Crippen molar-refractivity contribution < 1.29 is 14.1 Å². The van der Waals surface area contributed by atoms with Crippen molar-refractivity contribution in [1.29, 1.82) is 0 Å². The number of hydrogen-bond acceptors (Lipinski definition) is 6. The molecule has 1 N–H and O–H groups in total. The van der Waals surface area contributed by atoms with E-state index in [2.05, 4.69) is 5.32 Å². The molecule has 5 nitrogen and oxygen atoms in total. The molecule has 110 valence electrons. The Morgan fingerprint density at radius 1 is 1.55 bits per heavy atom. The lowest BCUT2D eigenvalue weighted by molar-refractivity contribution is -0.385. The van der Waals surface area contributed by atoms with Gasteiger partial charge in [-0.3, -0.25) is 10.1 Å². The zero-order valence-electron chi connectivity index (χ0n) is 10.9. The van der Waals surface area contributed by atoms with Gasteiger partial charge in [0.25, 0.3) is 0 Å². The molecule has 1 atom stereocenters. The molecule has 1 aliphatic heterocycles. The topological polar surface area (TPSA) is 64.4 Å². The zero-order chi connectivity index (χ0) is 14.5. The molecule has 0 spiro atoms. The number of nitro benzene ring substituents is 1. The van der Waals surface area contributed by atoms with Gasteiger partial charge in [0.1, 0.15) is 0 Å². The van der Waals surface area contributed by atoms with Gasteiger partial charge in [-0.05, 0) is 0 Å². The first-order chi connectivity index (χ1) is 9.61. The third-order valence-corrected chi connectivity index (χ3v) is 5.72. The Labute approximate surface area is 124 Å². The Kier molecular flexibility index (Phi) is 5.36. The number of nitrogens with one attached hydrogen (secondary N) is 1. The maximum atomic E-state index is 13.8. The van der Waals surface area contributed by atoms with E-state index in [0.29, 0.717) is 11.8 Å². The molecule has 8 heteroatoms. The predicted octanol–water partition coefficient (Wildman–Crippen LogP) is 3.00. The number of halogens is 1. The minimum absolute atomic E-state index is 0.0598. The van der Waals surface area contributed by atoms with Crippen LogP contribution < -0.4 is 10.1 Å². The van der Waals surface area contributed by atoms with E-state index >= 15 is 0 Å².